The van der Waals surface area contributed by atoms with Crippen molar-refractivity contribution in [2.24, 2.45) is 4.99 Å². The molecule has 1 aliphatic rings. The average molecular weight is 256 g/mol. The highest BCUT2D eigenvalue weighted by molar-refractivity contribution is 14.1. The highest BCUT2D eigenvalue weighted by Gasteiger charge is 2.12. The van der Waals surface area contributed by atoms with Crippen LogP contribution in [0.15, 0.2) is 4.99 Å². The molecular weight excluding hydrogens is 247 g/mol. The fourth-order valence-corrected chi connectivity index (χ4v) is 2.11. The largest absolute Gasteiger partial charge is 0.292 e. The van der Waals surface area contributed by atoms with Crippen molar-refractivity contribution in [1.29, 1.82) is 0 Å². The summed E-state index contributed by atoms with van der Waals surface area (Å²) in [5.74, 6) is 1.12. The van der Waals surface area contributed by atoms with Crippen LogP contribution in [0.2, 0.25) is 0 Å². The number of hydrogen-bond acceptors (Lipinski definition) is 3. The van der Waals surface area contributed by atoms with E-state index in [0.717, 1.165) is 18.8 Å². The second-order valence-electron chi connectivity index (χ2n) is 1.68. The molecule has 0 saturated heterocycles. The number of nitrogens with zero attached hydrogens (tertiary/aromatic N) is 2. The van der Waals surface area contributed by atoms with E-state index in [0.29, 0.717) is 0 Å². The first kappa shape index (κ1) is 7.65. The van der Waals surface area contributed by atoms with E-state index in [1.165, 1.54) is 5.17 Å². The van der Waals surface area contributed by atoms with Crippen molar-refractivity contribution in [1.82, 2.24) is 3.11 Å². The van der Waals surface area contributed by atoms with Crippen LogP contribution in [0.3, 0.4) is 0 Å². The van der Waals surface area contributed by atoms with Crippen LogP contribution < -0.4 is 0 Å². The summed E-state index contributed by atoms with van der Waals surface area (Å²) >= 11 is 4.11. The normalized spacial score (nSPS) is 18.4. The van der Waals surface area contributed by atoms with Crippen molar-refractivity contribution in [2.45, 2.75) is 6.92 Å². The minimum Gasteiger partial charge on any atom is -0.292 e. The standard InChI is InChI=1S/C5H9IN2S/c1-2-9-5-7-3-4-8(5)6/h2-4H2,1H3. The van der Waals surface area contributed by atoms with Gasteiger partial charge in [0.2, 0.25) is 0 Å². The molecule has 0 aliphatic carbocycles. The first-order chi connectivity index (χ1) is 4.34. The molecule has 0 aromatic rings. The zero-order valence-corrected chi connectivity index (χ0v) is 8.28. The number of aliphatic imine (C=N–C) groups is 1. The molecule has 0 saturated carbocycles. The van der Waals surface area contributed by atoms with Crippen molar-refractivity contribution in [3.8, 4) is 0 Å². The lowest BCUT2D eigenvalue weighted by Gasteiger charge is -2.07. The predicted molar refractivity (Wildman–Crippen MR) is 51.2 cm³/mol. The van der Waals surface area contributed by atoms with Gasteiger partial charge in [-0.15, -0.1) is 0 Å². The molecule has 0 radical (unpaired) electrons. The molecule has 2 nitrogen and oxygen atoms in total. The minimum absolute atomic E-state index is 0.977. The molecule has 1 rings (SSSR count). The first-order valence-electron chi connectivity index (χ1n) is 2.95. The second-order valence-corrected chi connectivity index (χ2v) is 4.08. The molecule has 1 heterocycles. The Morgan fingerprint density at radius 1 is 1.89 bits per heavy atom. The Morgan fingerprint density at radius 3 is 3.11 bits per heavy atom. The molecule has 0 spiro atoms. The van der Waals surface area contributed by atoms with Crippen molar-refractivity contribution >= 4 is 39.8 Å². The summed E-state index contributed by atoms with van der Waals surface area (Å²) < 4.78 is 2.17. The highest BCUT2D eigenvalue weighted by atomic mass is 127. The van der Waals surface area contributed by atoms with Crippen LogP contribution in [-0.4, -0.2) is 27.1 Å². The number of rotatable bonds is 1. The smallest absolute Gasteiger partial charge is 0.168 e. The Labute approximate surface area is 73.6 Å². The quantitative estimate of drug-likeness (QED) is 0.524. The van der Waals surface area contributed by atoms with Gasteiger partial charge in [0.1, 0.15) is 0 Å². The van der Waals surface area contributed by atoms with Crippen LogP contribution in [-0.2, 0) is 0 Å². The summed E-state index contributed by atoms with van der Waals surface area (Å²) in [6.07, 6.45) is 0. The lowest BCUT2D eigenvalue weighted by Crippen LogP contribution is -2.12. The van der Waals surface area contributed by atoms with E-state index in [1.807, 2.05) is 11.8 Å². The molecular formula is C5H9IN2S. The van der Waals surface area contributed by atoms with Crippen molar-refractivity contribution in [2.75, 3.05) is 18.8 Å². The lowest BCUT2D eigenvalue weighted by atomic mass is 10.7. The summed E-state index contributed by atoms with van der Waals surface area (Å²) in [5.41, 5.74) is 0. The molecule has 4 heteroatoms. The van der Waals surface area contributed by atoms with Gasteiger partial charge >= 0.3 is 0 Å². The summed E-state index contributed by atoms with van der Waals surface area (Å²) in [7, 11) is 0. The van der Waals surface area contributed by atoms with E-state index in [-0.39, 0.29) is 0 Å². The zero-order chi connectivity index (χ0) is 6.69. The van der Waals surface area contributed by atoms with Crippen LogP contribution in [0.1, 0.15) is 6.92 Å². The van der Waals surface area contributed by atoms with Gasteiger partial charge in [-0.1, -0.05) is 18.7 Å². The van der Waals surface area contributed by atoms with Crippen LogP contribution in [0, 0.1) is 0 Å². The predicted octanol–water partition coefficient (Wildman–Crippen LogP) is 1.76. The Bertz CT molecular complexity index is 126. The molecule has 0 amide bonds. The zero-order valence-electron chi connectivity index (χ0n) is 5.30. The topological polar surface area (TPSA) is 15.6 Å². The molecule has 0 fully saturated rings. The van der Waals surface area contributed by atoms with Gasteiger partial charge in [-0.05, 0) is 5.75 Å². The van der Waals surface area contributed by atoms with E-state index in [1.54, 1.807) is 0 Å². The van der Waals surface area contributed by atoms with Crippen LogP contribution in [0.25, 0.3) is 0 Å². The van der Waals surface area contributed by atoms with Gasteiger partial charge in [-0.3, -0.25) is 8.11 Å². The monoisotopic (exact) mass is 256 g/mol. The van der Waals surface area contributed by atoms with Gasteiger partial charge in [-0.25, -0.2) is 0 Å². The molecule has 0 aromatic heterocycles. The van der Waals surface area contributed by atoms with E-state index < -0.39 is 0 Å². The molecule has 0 N–H and O–H groups in total. The van der Waals surface area contributed by atoms with Gasteiger partial charge < -0.3 is 0 Å². The summed E-state index contributed by atoms with van der Waals surface area (Å²) in [6.45, 7) is 4.21. The highest BCUT2D eigenvalue weighted by Crippen LogP contribution is 2.16. The molecule has 9 heavy (non-hydrogen) atoms. The maximum absolute atomic E-state index is 4.30. The molecule has 0 atom stereocenters. The number of halogens is 1. The molecule has 0 unspecified atom stereocenters. The summed E-state index contributed by atoms with van der Waals surface area (Å²) in [6, 6.07) is 0. The van der Waals surface area contributed by atoms with Crippen molar-refractivity contribution in [3.05, 3.63) is 0 Å². The average Bonchev–Trinajstić information content (AvgIpc) is 2.18. The fourth-order valence-electron chi connectivity index (χ4n) is 0.651. The Morgan fingerprint density at radius 2 is 2.67 bits per heavy atom. The van der Waals surface area contributed by atoms with Crippen LogP contribution >= 0.6 is 34.6 Å². The summed E-state index contributed by atoms with van der Waals surface area (Å²) in [4.78, 5) is 4.30. The lowest BCUT2D eigenvalue weighted by molar-refractivity contribution is 0.791. The molecule has 0 aromatic carbocycles. The first-order valence-corrected chi connectivity index (χ1v) is 4.90. The Hall–Kier alpha value is 0.550. The number of hydrogen-bond donors (Lipinski definition) is 0. The van der Waals surface area contributed by atoms with Gasteiger partial charge in [0.15, 0.2) is 5.17 Å². The van der Waals surface area contributed by atoms with Gasteiger partial charge in [-0.2, -0.15) is 0 Å². The molecule has 0 bridgehead atoms. The third-order valence-corrected chi connectivity index (χ3v) is 3.19. The van der Waals surface area contributed by atoms with Gasteiger partial charge in [0.05, 0.1) is 29.4 Å². The van der Waals surface area contributed by atoms with E-state index >= 15 is 0 Å². The third-order valence-electron chi connectivity index (χ3n) is 1.02. The van der Waals surface area contributed by atoms with Crippen molar-refractivity contribution < 1.29 is 0 Å². The summed E-state index contributed by atoms with van der Waals surface area (Å²) in [5, 5.41) is 1.19. The van der Waals surface area contributed by atoms with E-state index in [2.05, 4.69) is 37.9 Å². The number of amidine groups is 1. The molecule has 52 valence electrons. The van der Waals surface area contributed by atoms with Crippen LogP contribution in [0.5, 0.6) is 0 Å². The number of thioether (sulfide) groups is 1. The maximum atomic E-state index is 4.30. The van der Waals surface area contributed by atoms with Gasteiger partial charge in [0.25, 0.3) is 0 Å². The maximum Gasteiger partial charge on any atom is 0.168 e. The van der Waals surface area contributed by atoms with Crippen LogP contribution in [0.4, 0.5) is 0 Å². The Balaban J connectivity index is 2.38. The second kappa shape index (κ2) is 3.65. The van der Waals surface area contributed by atoms with Gasteiger partial charge in [0, 0.05) is 6.54 Å². The fraction of sp³-hybridized carbons (Fsp3) is 0.800. The van der Waals surface area contributed by atoms with E-state index in [4.69, 9.17) is 0 Å². The van der Waals surface area contributed by atoms with E-state index in [9.17, 15) is 0 Å². The minimum atomic E-state index is 0.977. The Kier molecular flexibility index (Phi) is 3.11. The molecule has 1 aliphatic heterocycles. The third kappa shape index (κ3) is 2.00. The van der Waals surface area contributed by atoms with Crippen molar-refractivity contribution in [3.63, 3.8) is 0 Å². The SMILES string of the molecule is CCSC1=NCCN1I.